The second kappa shape index (κ2) is 24.9. The largest absolute Gasteiger partial charge is 0.493 e. The van der Waals surface area contributed by atoms with Crippen LogP contribution in [0.1, 0.15) is 80.8 Å². The van der Waals surface area contributed by atoms with Gasteiger partial charge >= 0.3 is 6.18 Å². The number of aliphatic hydroxyl groups is 1. The van der Waals surface area contributed by atoms with Crippen molar-refractivity contribution in [2.75, 3.05) is 46.6 Å². The van der Waals surface area contributed by atoms with Gasteiger partial charge in [-0.05, 0) is 96.5 Å². The van der Waals surface area contributed by atoms with Gasteiger partial charge in [0.15, 0.2) is 11.5 Å². The predicted octanol–water partition coefficient (Wildman–Crippen LogP) is 8.25. The van der Waals surface area contributed by atoms with Crippen molar-refractivity contribution in [2.24, 2.45) is 5.41 Å². The molecule has 384 valence electrons. The summed E-state index contributed by atoms with van der Waals surface area (Å²) < 4.78 is 63.3. The molecule has 3 N–H and O–H groups in total. The van der Waals surface area contributed by atoms with Crippen molar-refractivity contribution in [3.63, 3.8) is 0 Å². The number of aromatic nitrogens is 1. The van der Waals surface area contributed by atoms with Crippen molar-refractivity contribution in [3.8, 4) is 33.8 Å². The van der Waals surface area contributed by atoms with E-state index in [9.17, 15) is 42.3 Å². The van der Waals surface area contributed by atoms with Crippen LogP contribution in [0.5, 0.6) is 17.2 Å². The van der Waals surface area contributed by atoms with Crippen LogP contribution in [0.15, 0.2) is 71.1 Å². The second-order valence-electron chi connectivity index (χ2n) is 18.1. The Balaban J connectivity index is 0.864. The van der Waals surface area contributed by atoms with Crippen LogP contribution in [0.4, 0.5) is 18.0 Å². The Hall–Kier alpha value is -6.31. The number of hydrogen-bond acceptors (Lipinski definition) is 14. The van der Waals surface area contributed by atoms with Gasteiger partial charge in [-0.2, -0.15) is 18.4 Å². The number of aryl methyl sites for hydroxylation is 1. The zero-order chi connectivity index (χ0) is 52.2. The van der Waals surface area contributed by atoms with Crippen molar-refractivity contribution < 1.29 is 61.2 Å². The van der Waals surface area contributed by atoms with Gasteiger partial charge < -0.3 is 39.6 Å². The van der Waals surface area contributed by atoms with Crippen molar-refractivity contribution in [2.45, 2.75) is 90.7 Å². The molecule has 0 radical (unpaired) electrons. The minimum absolute atomic E-state index is 0.0254. The number of imide groups is 1. The van der Waals surface area contributed by atoms with E-state index in [2.05, 4.69) is 15.6 Å². The number of halogens is 3. The van der Waals surface area contributed by atoms with E-state index < -0.39 is 70.0 Å². The molecule has 2 unspecified atom stereocenters. The van der Waals surface area contributed by atoms with Crippen LogP contribution in [0.2, 0.25) is 0 Å². The molecular weight excluding hydrogens is 978 g/mol. The standard InChI is InChI=1S/C51H57F3N6O10S2/c1-31-44(71-30-57-31)35-13-9-32(10-14-35)28-56-46(63)38-26-36(61)29-60(38)48(65)45(50(2,3)4)58-43(62)17-20-69-22-21-68-19-8-6-7-18-59-47(64)42(72-49(59)66)25-33-11-16-40(41(24-33)67-5)70-39-15-12-34(27-55)23-37(39)51(52,53)54/h9-16,23-25,30,36,38,45,61H,6-8,17-22,26,28-29H2,1-5H3,(H,56,63)(H,58,62)/b42-25-/t36?,38?,45-/m1/s1. The van der Waals surface area contributed by atoms with Gasteiger partial charge in [-0.25, -0.2) is 4.98 Å². The molecule has 2 aliphatic rings. The molecule has 1 aromatic heterocycles. The fraction of sp³-hybridized carbons (Fsp3) is 0.431. The Bertz CT molecular complexity index is 2670. The van der Waals surface area contributed by atoms with Crippen LogP contribution in [0.25, 0.3) is 16.5 Å². The van der Waals surface area contributed by atoms with E-state index in [-0.39, 0.29) is 74.3 Å². The molecule has 6 rings (SSSR count). The lowest BCUT2D eigenvalue weighted by Gasteiger charge is -2.35. The molecule has 0 aliphatic carbocycles. The first-order valence-corrected chi connectivity index (χ1v) is 24.9. The maximum Gasteiger partial charge on any atom is 0.420 e. The summed E-state index contributed by atoms with van der Waals surface area (Å²) in [7, 11) is 1.31. The second-order valence-corrected chi connectivity index (χ2v) is 20.0. The number of nitriles is 1. The SMILES string of the molecule is COc1cc(/C=C2\SC(=O)N(CCCCCOCCOCCC(=O)N[C@H](C(=O)N3CC(O)CC3C(=O)NCc3ccc(-c4scnc4C)cc3)C(C)(C)C)C2=O)ccc1Oc1ccc(C#N)cc1C(F)(F)F. The smallest absolute Gasteiger partial charge is 0.420 e. The molecular formula is C51H57F3N6O10S2. The third kappa shape index (κ3) is 14.7. The number of likely N-dealkylation sites (tertiary alicyclic amines) is 1. The van der Waals surface area contributed by atoms with Crippen LogP contribution >= 0.6 is 23.1 Å². The monoisotopic (exact) mass is 1030 g/mol. The summed E-state index contributed by atoms with van der Waals surface area (Å²) in [6, 6.07) is 14.9. The maximum absolute atomic E-state index is 14.0. The molecule has 0 bridgehead atoms. The van der Waals surface area contributed by atoms with E-state index in [4.69, 9.17) is 24.2 Å². The first-order valence-electron chi connectivity index (χ1n) is 23.2. The van der Waals surface area contributed by atoms with Gasteiger partial charge in [0.2, 0.25) is 17.7 Å². The van der Waals surface area contributed by atoms with E-state index >= 15 is 0 Å². The number of carbonyl (C=O) groups is 5. The number of thioether (sulfide) groups is 1. The maximum atomic E-state index is 14.0. The summed E-state index contributed by atoms with van der Waals surface area (Å²) >= 11 is 2.33. The first-order chi connectivity index (χ1) is 34.3. The lowest BCUT2D eigenvalue weighted by Crippen LogP contribution is -2.57. The fourth-order valence-electron chi connectivity index (χ4n) is 7.88. The molecule has 16 nitrogen and oxygen atoms in total. The molecule has 2 aliphatic heterocycles. The number of unbranched alkanes of at least 4 members (excludes halogenated alkanes) is 2. The van der Waals surface area contributed by atoms with E-state index in [1.165, 1.54) is 42.4 Å². The van der Waals surface area contributed by atoms with Crippen LogP contribution in [0, 0.1) is 23.7 Å². The number of amides is 5. The molecule has 3 aromatic carbocycles. The Morgan fingerprint density at radius 2 is 1.68 bits per heavy atom. The number of benzene rings is 3. The average molecular weight is 1040 g/mol. The Kier molecular flexibility index (Phi) is 19.0. The number of rotatable bonds is 22. The number of methoxy groups -OCH3 is 1. The summed E-state index contributed by atoms with van der Waals surface area (Å²) in [6.45, 7) is 8.73. The van der Waals surface area contributed by atoms with Gasteiger partial charge in [-0.15, -0.1) is 11.3 Å². The van der Waals surface area contributed by atoms with E-state index in [0.717, 1.165) is 44.4 Å². The highest BCUT2D eigenvalue weighted by Crippen LogP contribution is 2.42. The third-order valence-electron chi connectivity index (χ3n) is 11.7. The van der Waals surface area contributed by atoms with Crippen LogP contribution in [-0.4, -0.2) is 114 Å². The molecule has 3 heterocycles. The summed E-state index contributed by atoms with van der Waals surface area (Å²) in [5, 5.41) is 24.9. The van der Waals surface area contributed by atoms with Gasteiger partial charge in [-0.3, -0.25) is 28.9 Å². The van der Waals surface area contributed by atoms with Gasteiger partial charge in [-0.1, -0.05) is 51.1 Å². The highest BCUT2D eigenvalue weighted by atomic mass is 32.2. The van der Waals surface area contributed by atoms with Gasteiger partial charge in [0.05, 0.1) is 71.2 Å². The predicted molar refractivity (Wildman–Crippen MR) is 264 cm³/mol. The Morgan fingerprint density at radius 3 is 2.35 bits per heavy atom. The highest BCUT2D eigenvalue weighted by Gasteiger charge is 2.44. The normalized spacial score (nSPS) is 17.0. The number of alkyl halides is 3. The molecule has 0 saturated carbocycles. The quantitative estimate of drug-likeness (QED) is 0.0501. The molecule has 72 heavy (non-hydrogen) atoms. The lowest BCUT2D eigenvalue weighted by molar-refractivity contribution is -0.144. The zero-order valence-electron chi connectivity index (χ0n) is 40.5. The van der Waals surface area contributed by atoms with Crippen LogP contribution < -0.4 is 20.1 Å². The topological polar surface area (TPSA) is 210 Å². The van der Waals surface area contributed by atoms with Gasteiger partial charge in [0.1, 0.15) is 17.8 Å². The highest BCUT2D eigenvalue weighted by molar-refractivity contribution is 8.18. The molecule has 5 amide bonds. The van der Waals surface area contributed by atoms with Crippen LogP contribution in [-0.2, 0) is 41.4 Å². The number of nitrogens with one attached hydrogen (secondary N) is 2. The minimum atomic E-state index is -4.78. The lowest BCUT2D eigenvalue weighted by atomic mass is 9.85. The number of aliphatic hydroxyl groups excluding tert-OH is 1. The van der Waals surface area contributed by atoms with Crippen molar-refractivity contribution in [3.05, 3.63) is 99.0 Å². The number of hydrogen-bond donors (Lipinski definition) is 3. The molecule has 2 saturated heterocycles. The first kappa shape index (κ1) is 55.0. The molecule has 4 aromatic rings. The number of carbonyl (C=O) groups excluding carboxylic acids is 5. The van der Waals surface area contributed by atoms with Gasteiger partial charge in [0, 0.05) is 39.1 Å². The number of ether oxygens (including phenoxy) is 4. The number of nitrogens with zero attached hydrogens (tertiary/aromatic N) is 4. The molecule has 21 heteroatoms. The molecule has 2 fully saturated rings. The number of β-amino-alcohol motifs (C(OH)–C–C–N with tert-alkyl or cyclic N) is 1. The summed E-state index contributed by atoms with van der Waals surface area (Å²) in [4.78, 5) is 74.4. The fourth-order valence-corrected chi connectivity index (χ4v) is 9.56. The number of thiazole rings is 1. The van der Waals surface area contributed by atoms with Crippen LogP contribution in [0.3, 0.4) is 0 Å². The Labute approximate surface area is 423 Å². The van der Waals surface area contributed by atoms with Crippen molar-refractivity contribution in [1.29, 1.82) is 5.26 Å². The van der Waals surface area contributed by atoms with E-state index in [1.54, 1.807) is 22.9 Å². The molecule has 3 atom stereocenters. The summed E-state index contributed by atoms with van der Waals surface area (Å²) in [5.74, 6) is -2.22. The minimum Gasteiger partial charge on any atom is -0.493 e. The average Bonchev–Trinajstić information content (AvgIpc) is 4.03. The van der Waals surface area contributed by atoms with E-state index in [0.29, 0.717) is 37.5 Å². The molecule has 0 spiro atoms. The summed E-state index contributed by atoms with van der Waals surface area (Å²) in [5.41, 5.74) is 3.06. The third-order valence-corrected chi connectivity index (χ3v) is 13.6. The van der Waals surface area contributed by atoms with Gasteiger partial charge in [0.25, 0.3) is 11.1 Å². The van der Waals surface area contributed by atoms with Crippen molar-refractivity contribution >= 4 is 58.0 Å². The summed E-state index contributed by atoms with van der Waals surface area (Å²) in [6.07, 6.45) is -2.30. The van der Waals surface area contributed by atoms with E-state index in [1.807, 2.05) is 52.0 Å². The Morgan fingerprint density at radius 1 is 0.958 bits per heavy atom. The van der Waals surface area contributed by atoms with Crippen molar-refractivity contribution in [1.82, 2.24) is 25.4 Å². The zero-order valence-corrected chi connectivity index (χ0v) is 42.1.